The Balaban J connectivity index is 2.41. The van der Waals surface area contributed by atoms with Crippen molar-refractivity contribution in [3.05, 3.63) is 16.3 Å². The second-order valence-corrected chi connectivity index (χ2v) is 6.74. The molecule has 1 aromatic heterocycles. The highest BCUT2D eigenvalue weighted by Crippen LogP contribution is 2.35. The van der Waals surface area contributed by atoms with E-state index in [4.69, 9.17) is 4.42 Å². The van der Waals surface area contributed by atoms with E-state index in [1.165, 1.54) is 0 Å². The van der Waals surface area contributed by atoms with Crippen LogP contribution in [0, 0.1) is 6.92 Å². The Kier molecular flexibility index (Phi) is 2.89. The lowest BCUT2D eigenvalue weighted by molar-refractivity contribution is 0.495. The normalized spacial score (nSPS) is 25.3. The summed E-state index contributed by atoms with van der Waals surface area (Å²) >= 11 is 3.11. The molecule has 1 aromatic rings. The van der Waals surface area contributed by atoms with E-state index in [0.29, 0.717) is 22.7 Å². The molecule has 84 valence electrons. The molecule has 0 amide bonds. The predicted molar refractivity (Wildman–Crippen MR) is 59.3 cm³/mol. The molecule has 0 N–H and O–H groups in total. The maximum atomic E-state index is 11.8. The van der Waals surface area contributed by atoms with Crippen LogP contribution in [0.25, 0.3) is 0 Å². The third kappa shape index (κ3) is 2.10. The van der Waals surface area contributed by atoms with Crippen LogP contribution < -0.4 is 0 Å². The van der Waals surface area contributed by atoms with Gasteiger partial charge in [-0.05, 0) is 19.8 Å². The molecule has 1 aliphatic rings. The van der Waals surface area contributed by atoms with E-state index >= 15 is 0 Å². The number of hydrogen-bond acceptors (Lipinski definition) is 4. The molecule has 6 heteroatoms. The fourth-order valence-electron chi connectivity index (χ4n) is 1.94. The Morgan fingerprint density at radius 3 is 2.73 bits per heavy atom. The number of aromatic nitrogens is 1. The average Bonchev–Trinajstić information content (AvgIpc) is 2.44. The van der Waals surface area contributed by atoms with Crippen molar-refractivity contribution in [3.63, 3.8) is 0 Å². The van der Waals surface area contributed by atoms with Gasteiger partial charge in [0.05, 0.1) is 5.75 Å². The summed E-state index contributed by atoms with van der Waals surface area (Å²) in [5.41, 5.74) is 0.571. The summed E-state index contributed by atoms with van der Waals surface area (Å²) in [6, 6.07) is 0. The number of nitrogens with zero attached hydrogens (tertiary/aromatic N) is 1. The van der Waals surface area contributed by atoms with Gasteiger partial charge in [-0.1, -0.05) is 6.42 Å². The molecule has 1 atom stereocenters. The minimum atomic E-state index is -3.03. The van der Waals surface area contributed by atoms with E-state index < -0.39 is 15.1 Å². The van der Waals surface area contributed by atoms with E-state index in [0.717, 1.165) is 12.8 Å². The molecular formula is C9H12BrNO3S. The van der Waals surface area contributed by atoms with Gasteiger partial charge >= 0.3 is 0 Å². The Morgan fingerprint density at radius 1 is 1.47 bits per heavy atom. The van der Waals surface area contributed by atoms with Crippen LogP contribution in [0.4, 0.5) is 0 Å². The first-order valence-electron chi connectivity index (χ1n) is 4.85. The maximum Gasteiger partial charge on any atom is 0.264 e. The highest BCUT2D eigenvalue weighted by Gasteiger charge is 2.33. The van der Waals surface area contributed by atoms with Crippen molar-refractivity contribution >= 4 is 25.8 Å². The van der Waals surface area contributed by atoms with Crippen LogP contribution in [-0.4, -0.2) is 19.2 Å². The largest absolute Gasteiger partial charge is 0.436 e. The van der Waals surface area contributed by atoms with Gasteiger partial charge in [-0.25, -0.2) is 13.4 Å². The first-order valence-corrected chi connectivity index (χ1v) is 7.36. The Morgan fingerprint density at radius 2 is 2.20 bits per heavy atom. The third-order valence-corrected chi connectivity index (χ3v) is 5.21. The van der Waals surface area contributed by atoms with Gasteiger partial charge in [0.15, 0.2) is 9.84 Å². The number of sulfone groups is 1. The Bertz CT molecular complexity index is 466. The SMILES string of the molecule is Cc1oc(Br)nc1C1CCCCS1(=O)=O. The molecule has 4 nitrogen and oxygen atoms in total. The fraction of sp³-hybridized carbons (Fsp3) is 0.667. The quantitative estimate of drug-likeness (QED) is 0.798. The predicted octanol–water partition coefficient (Wildman–Crippen LogP) is 2.39. The van der Waals surface area contributed by atoms with E-state index in [1.54, 1.807) is 6.92 Å². The standard InChI is InChI=1S/C9H12BrNO3S/c1-6-8(11-9(10)14-6)7-4-2-3-5-15(7,12)13/h7H,2-5H2,1H3. The van der Waals surface area contributed by atoms with Crippen LogP contribution in [-0.2, 0) is 9.84 Å². The molecule has 2 rings (SSSR count). The maximum absolute atomic E-state index is 11.8. The third-order valence-electron chi connectivity index (χ3n) is 2.69. The molecular weight excluding hydrogens is 282 g/mol. The molecule has 1 unspecified atom stereocenters. The molecule has 0 spiro atoms. The highest BCUT2D eigenvalue weighted by molar-refractivity contribution is 9.10. The van der Waals surface area contributed by atoms with Gasteiger partial charge in [0.25, 0.3) is 4.80 Å². The number of halogens is 1. The van der Waals surface area contributed by atoms with E-state index in [1.807, 2.05) is 0 Å². The summed E-state index contributed by atoms with van der Waals surface area (Å²) in [4.78, 5) is 4.46. The number of aryl methyl sites for hydroxylation is 1. The summed E-state index contributed by atoms with van der Waals surface area (Å²) in [7, 11) is -3.03. The molecule has 1 fully saturated rings. The zero-order valence-corrected chi connectivity index (χ0v) is 10.8. The molecule has 15 heavy (non-hydrogen) atoms. The summed E-state index contributed by atoms with van der Waals surface area (Å²) in [6.45, 7) is 1.75. The zero-order chi connectivity index (χ0) is 11.1. The van der Waals surface area contributed by atoms with Crippen LogP contribution >= 0.6 is 15.9 Å². The first-order chi connectivity index (χ1) is 7.00. The van der Waals surface area contributed by atoms with Crippen molar-refractivity contribution in [2.45, 2.75) is 31.4 Å². The number of hydrogen-bond donors (Lipinski definition) is 0. The van der Waals surface area contributed by atoms with Gasteiger partial charge in [0.1, 0.15) is 16.7 Å². The summed E-state index contributed by atoms with van der Waals surface area (Å²) in [5, 5.41) is -0.471. The Hall–Kier alpha value is -0.360. The molecule has 1 saturated heterocycles. The smallest absolute Gasteiger partial charge is 0.264 e. The molecule has 1 aliphatic heterocycles. The van der Waals surface area contributed by atoms with E-state index in [9.17, 15) is 8.42 Å². The second kappa shape index (κ2) is 3.90. The van der Waals surface area contributed by atoms with Crippen LogP contribution in [0.3, 0.4) is 0 Å². The van der Waals surface area contributed by atoms with Crippen molar-refractivity contribution < 1.29 is 12.8 Å². The van der Waals surface area contributed by atoms with Crippen LogP contribution in [0.5, 0.6) is 0 Å². The zero-order valence-electron chi connectivity index (χ0n) is 8.36. The van der Waals surface area contributed by atoms with Crippen molar-refractivity contribution in [2.24, 2.45) is 0 Å². The first kappa shape index (κ1) is 11.1. The minimum absolute atomic E-state index is 0.265. The fourth-order valence-corrected chi connectivity index (χ4v) is 4.34. The van der Waals surface area contributed by atoms with Crippen molar-refractivity contribution in [2.75, 3.05) is 5.75 Å². The monoisotopic (exact) mass is 293 g/mol. The van der Waals surface area contributed by atoms with Crippen molar-refractivity contribution in [3.8, 4) is 0 Å². The van der Waals surface area contributed by atoms with Gasteiger partial charge in [-0.15, -0.1) is 0 Å². The van der Waals surface area contributed by atoms with Gasteiger partial charge in [-0.2, -0.15) is 0 Å². The average molecular weight is 294 g/mol. The van der Waals surface area contributed by atoms with E-state index in [-0.39, 0.29) is 5.75 Å². The Labute approximate surface area is 97.1 Å². The molecule has 0 aromatic carbocycles. The van der Waals surface area contributed by atoms with Crippen molar-refractivity contribution in [1.82, 2.24) is 4.98 Å². The lowest BCUT2D eigenvalue weighted by Gasteiger charge is -2.20. The molecule has 0 saturated carbocycles. The van der Waals surface area contributed by atoms with Crippen molar-refractivity contribution in [1.29, 1.82) is 0 Å². The van der Waals surface area contributed by atoms with Crippen LogP contribution in [0.1, 0.15) is 36.0 Å². The molecule has 0 aliphatic carbocycles. The lowest BCUT2D eigenvalue weighted by atomic mass is 10.1. The topological polar surface area (TPSA) is 60.2 Å². The van der Waals surface area contributed by atoms with E-state index in [2.05, 4.69) is 20.9 Å². The lowest BCUT2D eigenvalue weighted by Crippen LogP contribution is -2.22. The van der Waals surface area contributed by atoms with Gasteiger partial charge in [0.2, 0.25) is 0 Å². The van der Waals surface area contributed by atoms with Crippen LogP contribution in [0.2, 0.25) is 0 Å². The molecule has 0 radical (unpaired) electrons. The van der Waals surface area contributed by atoms with Gasteiger partial charge in [-0.3, -0.25) is 0 Å². The molecule has 0 bridgehead atoms. The summed E-state index contributed by atoms with van der Waals surface area (Å²) < 4.78 is 28.9. The second-order valence-electron chi connectivity index (χ2n) is 3.76. The van der Waals surface area contributed by atoms with Gasteiger partial charge in [0, 0.05) is 15.9 Å². The number of rotatable bonds is 1. The molecule has 2 heterocycles. The highest BCUT2D eigenvalue weighted by atomic mass is 79.9. The van der Waals surface area contributed by atoms with Crippen LogP contribution in [0.15, 0.2) is 9.22 Å². The summed E-state index contributed by atoms with van der Waals surface area (Å²) in [5.74, 6) is 0.860. The van der Waals surface area contributed by atoms with Gasteiger partial charge < -0.3 is 4.42 Å². The number of oxazole rings is 1. The minimum Gasteiger partial charge on any atom is -0.436 e. The summed E-state index contributed by atoms with van der Waals surface area (Å²) in [6.07, 6.45) is 2.35.